The second-order valence-corrected chi connectivity index (χ2v) is 6.63. The predicted molar refractivity (Wildman–Crippen MR) is 86.7 cm³/mol. The summed E-state index contributed by atoms with van der Waals surface area (Å²) in [6.07, 6.45) is 1.62. The Morgan fingerprint density at radius 3 is 2.44 bits per heavy atom. The average Bonchev–Trinajstić information content (AvgIpc) is 3.03. The number of ether oxygens (including phenoxy) is 4. The molecule has 1 aromatic rings. The van der Waals surface area contributed by atoms with Crippen molar-refractivity contribution in [2.45, 2.75) is 17.3 Å². The maximum atomic E-state index is 13.4. The largest absolute Gasteiger partial charge is 0.466 e. The van der Waals surface area contributed by atoms with Crippen molar-refractivity contribution >= 4 is 11.8 Å². The highest BCUT2D eigenvalue weighted by Crippen LogP contribution is 2.62. The highest BCUT2D eigenvalue weighted by Gasteiger charge is 2.75. The smallest absolute Gasteiger partial charge is 0.334 e. The molecule has 6 heteroatoms. The molecule has 1 saturated heterocycles. The number of esters is 1. The molecule has 1 aromatic carbocycles. The third kappa shape index (κ3) is 1.84. The lowest BCUT2D eigenvalue weighted by Crippen LogP contribution is -2.68. The summed E-state index contributed by atoms with van der Waals surface area (Å²) in [5.74, 6) is -3.17. The van der Waals surface area contributed by atoms with E-state index in [1.807, 2.05) is 30.3 Å². The Hall–Kier alpha value is -2.02. The van der Waals surface area contributed by atoms with E-state index in [2.05, 4.69) is 0 Å². The number of benzene rings is 1. The van der Waals surface area contributed by atoms with Crippen LogP contribution in [0.1, 0.15) is 11.5 Å². The fourth-order valence-electron chi connectivity index (χ4n) is 4.84. The Morgan fingerprint density at radius 1 is 1.12 bits per heavy atom. The van der Waals surface area contributed by atoms with Crippen molar-refractivity contribution in [1.29, 1.82) is 0 Å². The Morgan fingerprint density at radius 2 is 1.84 bits per heavy atom. The van der Waals surface area contributed by atoms with E-state index in [9.17, 15) is 9.59 Å². The van der Waals surface area contributed by atoms with Crippen molar-refractivity contribution in [2.24, 2.45) is 11.8 Å². The van der Waals surface area contributed by atoms with Gasteiger partial charge in [0.15, 0.2) is 5.60 Å². The van der Waals surface area contributed by atoms with Gasteiger partial charge in [0.05, 0.1) is 19.6 Å². The summed E-state index contributed by atoms with van der Waals surface area (Å²) in [6.45, 7) is 0.309. The minimum Gasteiger partial charge on any atom is -0.466 e. The van der Waals surface area contributed by atoms with E-state index in [4.69, 9.17) is 18.9 Å². The van der Waals surface area contributed by atoms with Crippen molar-refractivity contribution in [3.63, 3.8) is 0 Å². The van der Waals surface area contributed by atoms with Gasteiger partial charge in [0.1, 0.15) is 0 Å². The second-order valence-electron chi connectivity index (χ2n) is 6.63. The number of hydrogen-bond donors (Lipinski definition) is 0. The average molecular weight is 344 g/mol. The van der Waals surface area contributed by atoms with Crippen molar-refractivity contribution in [1.82, 2.24) is 0 Å². The van der Waals surface area contributed by atoms with Crippen LogP contribution in [-0.4, -0.2) is 51.1 Å². The molecule has 4 aliphatic rings. The lowest BCUT2D eigenvalue weighted by molar-refractivity contribution is -0.232. The lowest BCUT2D eigenvalue weighted by Gasteiger charge is -2.53. The van der Waals surface area contributed by atoms with Crippen LogP contribution in [0.2, 0.25) is 0 Å². The maximum Gasteiger partial charge on any atom is 0.334 e. The molecule has 6 nitrogen and oxygen atoms in total. The number of methoxy groups -OCH3 is 3. The van der Waals surface area contributed by atoms with E-state index in [0.717, 1.165) is 5.56 Å². The molecular formula is C19H20O6. The summed E-state index contributed by atoms with van der Waals surface area (Å²) >= 11 is 0. The van der Waals surface area contributed by atoms with Crippen LogP contribution in [-0.2, 0) is 28.5 Å². The number of carbonyl (C=O) groups excluding carboxylic acids is 2. The number of Topliss-reactive ketones (excluding diaryl/α,β-unsaturated/α-hetero) is 1. The molecule has 5 rings (SSSR count). The third-order valence-electron chi connectivity index (χ3n) is 5.82. The van der Waals surface area contributed by atoms with Gasteiger partial charge in [-0.2, -0.15) is 0 Å². The quantitative estimate of drug-likeness (QED) is 0.770. The monoisotopic (exact) mass is 344 g/mol. The van der Waals surface area contributed by atoms with Gasteiger partial charge in [-0.1, -0.05) is 30.3 Å². The van der Waals surface area contributed by atoms with Crippen LogP contribution in [0.3, 0.4) is 0 Å². The molecule has 2 fully saturated rings. The SMILES string of the molecule is COC(=O)C1=C[C@@]2(OC)C(=O)[C@]3(OC)OC[C@H]([C@H]2c2ccccc2)[C@H]13. The topological polar surface area (TPSA) is 71.1 Å². The Labute approximate surface area is 145 Å². The number of rotatable bonds is 4. The zero-order valence-corrected chi connectivity index (χ0v) is 14.4. The van der Waals surface area contributed by atoms with E-state index < -0.39 is 23.3 Å². The molecule has 1 heterocycles. The molecule has 1 aliphatic heterocycles. The van der Waals surface area contributed by atoms with Gasteiger partial charge < -0.3 is 18.9 Å². The van der Waals surface area contributed by atoms with Gasteiger partial charge in [0, 0.05) is 31.6 Å². The minimum atomic E-state index is -1.50. The molecule has 0 amide bonds. The summed E-state index contributed by atoms with van der Waals surface area (Å²) in [4.78, 5) is 25.8. The molecule has 5 atom stereocenters. The van der Waals surface area contributed by atoms with Gasteiger partial charge in [0.2, 0.25) is 11.6 Å². The molecule has 1 saturated carbocycles. The first kappa shape index (κ1) is 16.4. The first-order valence-electron chi connectivity index (χ1n) is 8.21. The molecule has 25 heavy (non-hydrogen) atoms. The third-order valence-corrected chi connectivity index (χ3v) is 5.82. The zero-order valence-electron chi connectivity index (χ0n) is 14.4. The molecular weight excluding hydrogens is 324 g/mol. The van der Waals surface area contributed by atoms with Crippen molar-refractivity contribution < 1.29 is 28.5 Å². The second kappa shape index (κ2) is 5.49. The van der Waals surface area contributed by atoms with E-state index in [-0.39, 0.29) is 17.6 Å². The molecule has 0 unspecified atom stereocenters. The molecule has 0 spiro atoms. The van der Waals surface area contributed by atoms with E-state index >= 15 is 0 Å². The Kier molecular flexibility index (Phi) is 3.61. The summed E-state index contributed by atoms with van der Waals surface area (Å²) in [6, 6.07) is 9.72. The van der Waals surface area contributed by atoms with Gasteiger partial charge in [0.25, 0.3) is 0 Å². The molecule has 0 aromatic heterocycles. The zero-order chi connectivity index (χ0) is 17.8. The predicted octanol–water partition coefficient (Wildman–Crippen LogP) is 1.46. The van der Waals surface area contributed by atoms with Crippen LogP contribution < -0.4 is 0 Å². The highest BCUT2D eigenvalue weighted by atomic mass is 16.7. The number of hydrogen-bond acceptors (Lipinski definition) is 6. The van der Waals surface area contributed by atoms with Gasteiger partial charge in [-0.25, -0.2) is 4.79 Å². The van der Waals surface area contributed by atoms with Crippen LogP contribution in [0.4, 0.5) is 0 Å². The van der Waals surface area contributed by atoms with E-state index in [1.165, 1.54) is 21.3 Å². The first-order chi connectivity index (χ1) is 12.1. The van der Waals surface area contributed by atoms with Crippen molar-refractivity contribution in [2.75, 3.05) is 27.9 Å². The van der Waals surface area contributed by atoms with E-state index in [1.54, 1.807) is 6.08 Å². The van der Waals surface area contributed by atoms with Crippen LogP contribution in [0.5, 0.6) is 0 Å². The molecule has 3 aliphatic carbocycles. The van der Waals surface area contributed by atoms with Gasteiger partial charge >= 0.3 is 5.97 Å². The number of carbonyl (C=O) groups is 2. The summed E-state index contributed by atoms with van der Waals surface area (Å²) in [5, 5.41) is 0. The summed E-state index contributed by atoms with van der Waals surface area (Å²) in [7, 11) is 4.23. The van der Waals surface area contributed by atoms with E-state index in [0.29, 0.717) is 12.2 Å². The molecule has 132 valence electrons. The molecule has 0 radical (unpaired) electrons. The summed E-state index contributed by atoms with van der Waals surface area (Å²) < 4.78 is 22.1. The van der Waals surface area contributed by atoms with Gasteiger partial charge in [-0.3, -0.25) is 4.79 Å². The van der Waals surface area contributed by atoms with Gasteiger partial charge in [-0.15, -0.1) is 0 Å². The van der Waals surface area contributed by atoms with Gasteiger partial charge in [-0.05, 0) is 11.6 Å². The normalized spacial score (nSPS) is 38.6. The van der Waals surface area contributed by atoms with Crippen LogP contribution >= 0.6 is 0 Å². The maximum absolute atomic E-state index is 13.4. The highest BCUT2D eigenvalue weighted by molar-refractivity contribution is 6.05. The fourth-order valence-corrected chi connectivity index (χ4v) is 4.84. The first-order valence-corrected chi connectivity index (χ1v) is 8.21. The van der Waals surface area contributed by atoms with Crippen LogP contribution in [0.25, 0.3) is 0 Å². The van der Waals surface area contributed by atoms with Crippen molar-refractivity contribution in [3.8, 4) is 0 Å². The summed E-state index contributed by atoms with van der Waals surface area (Å²) in [5.41, 5.74) is 0.0418. The Bertz CT molecular complexity index is 756. The molecule has 4 bridgehead atoms. The molecule has 0 N–H and O–H groups in total. The standard InChI is InChI=1S/C19H20O6/c1-22-16(20)12-9-18(23-2)14(11-7-5-4-6-8-11)13-10-25-19(24-3,15(12)13)17(18)21/h4-9,13-15H,10H2,1-3H3/t13-,14-,15+,18+,19-/m1/s1. The Balaban J connectivity index is 1.98. The van der Waals surface area contributed by atoms with Crippen LogP contribution in [0, 0.1) is 11.8 Å². The fraction of sp³-hybridized carbons (Fsp3) is 0.474. The van der Waals surface area contributed by atoms with Crippen LogP contribution in [0.15, 0.2) is 42.0 Å². The minimum absolute atomic E-state index is 0.126. The van der Waals surface area contributed by atoms with Crippen molar-refractivity contribution in [3.05, 3.63) is 47.5 Å². The lowest BCUT2D eigenvalue weighted by atomic mass is 9.53. The number of ketones is 1.